The number of nitrogens with one attached hydrogen (secondary N) is 1. The molecule has 0 amide bonds. The highest BCUT2D eigenvalue weighted by atomic mass is 35.5. The maximum Gasteiger partial charge on any atom is 0.165 e. The summed E-state index contributed by atoms with van der Waals surface area (Å²) in [7, 11) is 0. The van der Waals surface area contributed by atoms with Gasteiger partial charge in [0, 0.05) is 27.6 Å². The fourth-order valence-corrected chi connectivity index (χ4v) is 3.83. The zero-order valence-electron chi connectivity index (χ0n) is 17.9. The van der Waals surface area contributed by atoms with Crippen LogP contribution in [0.1, 0.15) is 54.7 Å². The molecule has 0 fully saturated rings. The van der Waals surface area contributed by atoms with E-state index in [1.807, 2.05) is 36.4 Å². The highest BCUT2D eigenvalue weighted by Gasteiger charge is 2.19. The number of rotatable bonds is 7. The molecule has 0 aliphatic carbocycles. The molecule has 4 heteroatoms. The third-order valence-corrected chi connectivity index (χ3v) is 6.16. The van der Waals surface area contributed by atoms with Gasteiger partial charge in [0.2, 0.25) is 0 Å². The quantitative estimate of drug-likeness (QED) is 0.302. The molecule has 0 radical (unpaired) electrons. The molecule has 30 heavy (non-hydrogen) atoms. The number of anilines is 1. The Kier molecular flexibility index (Phi) is 7.27. The summed E-state index contributed by atoms with van der Waals surface area (Å²) in [6, 6.07) is 23.8. The molecule has 0 spiro atoms. The molecule has 0 unspecified atom stereocenters. The first-order valence-corrected chi connectivity index (χ1v) is 11.7. The van der Waals surface area contributed by atoms with Gasteiger partial charge in [0.25, 0.3) is 0 Å². The van der Waals surface area contributed by atoms with Gasteiger partial charge in [-0.25, -0.2) is 0 Å². The van der Waals surface area contributed by atoms with Crippen LogP contribution in [0.15, 0.2) is 77.7 Å². The van der Waals surface area contributed by atoms with E-state index in [1.165, 1.54) is 10.5 Å². The number of benzene rings is 3. The average molecular weight is 438 g/mol. The van der Waals surface area contributed by atoms with Crippen LogP contribution in [0.2, 0.25) is 5.02 Å². The number of carbonyl (C=O) groups is 1. The normalized spacial score (nSPS) is 12.4. The predicted molar refractivity (Wildman–Crippen MR) is 130 cm³/mol. The number of Topliss-reactive ketones (excluding diaryl/α,β-unsaturated/α-hetero) is 1. The molecule has 1 atom stereocenters. The minimum atomic E-state index is -0.128. The summed E-state index contributed by atoms with van der Waals surface area (Å²) < 4.78 is 0. The Balaban J connectivity index is 1.83. The molecule has 0 saturated carbocycles. The summed E-state index contributed by atoms with van der Waals surface area (Å²) >= 11 is 7.73. The molecule has 1 N–H and O–H groups in total. The smallest absolute Gasteiger partial charge is 0.165 e. The van der Waals surface area contributed by atoms with Gasteiger partial charge in [0.1, 0.15) is 0 Å². The van der Waals surface area contributed by atoms with Crippen molar-refractivity contribution < 1.29 is 4.79 Å². The van der Waals surface area contributed by atoms with E-state index in [2.05, 4.69) is 68.7 Å². The predicted octanol–water partition coefficient (Wildman–Crippen LogP) is 7.79. The Morgan fingerprint density at radius 2 is 1.53 bits per heavy atom. The molecular formula is C26H28ClNOS. The molecule has 3 rings (SSSR count). The minimum absolute atomic E-state index is 0.0687. The fourth-order valence-electron chi connectivity index (χ4n) is 3.30. The largest absolute Gasteiger partial charge is 0.378 e. The van der Waals surface area contributed by atoms with Crippen LogP contribution in [0.25, 0.3) is 0 Å². The number of hydrogen-bond donors (Lipinski definition) is 1. The van der Waals surface area contributed by atoms with E-state index < -0.39 is 0 Å². The number of halogens is 1. The molecule has 0 bridgehead atoms. The van der Waals surface area contributed by atoms with Gasteiger partial charge < -0.3 is 5.32 Å². The van der Waals surface area contributed by atoms with Crippen LogP contribution < -0.4 is 5.32 Å². The summed E-state index contributed by atoms with van der Waals surface area (Å²) in [4.78, 5) is 14.3. The Labute approximate surface area is 189 Å². The summed E-state index contributed by atoms with van der Waals surface area (Å²) in [5.41, 5.74) is 4.06. The van der Waals surface area contributed by atoms with Crippen LogP contribution >= 0.6 is 23.4 Å². The van der Waals surface area contributed by atoms with Crippen LogP contribution in [0.3, 0.4) is 0 Å². The van der Waals surface area contributed by atoms with E-state index in [4.69, 9.17) is 11.6 Å². The van der Waals surface area contributed by atoms with Crippen molar-refractivity contribution in [3.63, 3.8) is 0 Å². The van der Waals surface area contributed by atoms with Gasteiger partial charge in [-0.15, -0.1) is 11.8 Å². The lowest BCUT2D eigenvalue weighted by Gasteiger charge is -2.21. The van der Waals surface area contributed by atoms with E-state index >= 15 is 0 Å². The van der Waals surface area contributed by atoms with Gasteiger partial charge in [-0.2, -0.15) is 0 Å². The standard InChI is InChI=1S/C26H28ClNOS/c1-26(2,3)20-9-5-19(6-10-20)25(29)17-24(18-7-15-23(30-4)16-8-18)28-22-13-11-21(27)12-14-22/h5-16,24,28H,17H2,1-4H3/t24-/m0/s1. The zero-order valence-corrected chi connectivity index (χ0v) is 19.5. The number of thioether (sulfide) groups is 1. The van der Waals surface area contributed by atoms with Gasteiger partial charge in [-0.1, -0.05) is 68.8 Å². The lowest BCUT2D eigenvalue weighted by atomic mass is 9.86. The lowest BCUT2D eigenvalue weighted by Crippen LogP contribution is -2.16. The maximum absolute atomic E-state index is 13.1. The van der Waals surface area contributed by atoms with Crippen molar-refractivity contribution in [2.24, 2.45) is 0 Å². The van der Waals surface area contributed by atoms with Gasteiger partial charge in [0.05, 0.1) is 6.04 Å². The van der Waals surface area contributed by atoms with Crippen molar-refractivity contribution in [3.05, 3.63) is 94.5 Å². The van der Waals surface area contributed by atoms with Crippen molar-refractivity contribution in [1.29, 1.82) is 0 Å². The molecule has 0 aromatic heterocycles. The second kappa shape index (κ2) is 9.72. The van der Waals surface area contributed by atoms with Crippen molar-refractivity contribution in [2.45, 2.75) is 43.5 Å². The molecule has 0 heterocycles. The van der Waals surface area contributed by atoms with E-state index in [9.17, 15) is 4.79 Å². The van der Waals surface area contributed by atoms with E-state index in [0.717, 1.165) is 16.8 Å². The number of ketones is 1. The Morgan fingerprint density at radius 3 is 2.07 bits per heavy atom. The van der Waals surface area contributed by atoms with Gasteiger partial charge in [-0.3, -0.25) is 4.79 Å². The SMILES string of the molecule is CSc1ccc([C@H](CC(=O)c2ccc(C(C)(C)C)cc2)Nc2ccc(Cl)cc2)cc1. The first kappa shape index (κ1) is 22.5. The van der Waals surface area contributed by atoms with Gasteiger partial charge in [-0.05, 0) is 59.2 Å². The van der Waals surface area contributed by atoms with Gasteiger partial charge >= 0.3 is 0 Å². The summed E-state index contributed by atoms with van der Waals surface area (Å²) in [6.45, 7) is 6.52. The molecule has 0 aliphatic rings. The van der Waals surface area contributed by atoms with Crippen LogP contribution in [0.5, 0.6) is 0 Å². The van der Waals surface area contributed by atoms with E-state index in [0.29, 0.717) is 11.4 Å². The van der Waals surface area contributed by atoms with Crippen molar-refractivity contribution in [2.75, 3.05) is 11.6 Å². The van der Waals surface area contributed by atoms with Crippen LogP contribution in [0, 0.1) is 0 Å². The second-order valence-electron chi connectivity index (χ2n) is 8.43. The molecule has 3 aromatic carbocycles. The third kappa shape index (κ3) is 5.90. The highest BCUT2D eigenvalue weighted by Crippen LogP contribution is 2.28. The molecule has 0 aliphatic heterocycles. The summed E-state index contributed by atoms with van der Waals surface area (Å²) in [6.07, 6.45) is 2.43. The minimum Gasteiger partial charge on any atom is -0.378 e. The van der Waals surface area contributed by atoms with E-state index in [-0.39, 0.29) is 17.2 Å². The first-order chi connectivity index (χ1) is 14.3. The molecular weight excluding hydrogens is 410 g/mol. The Hall–Kier alpha value is -2.23. The first-order valence-electron chi connectivity index (χ1n) is 10.1. The summed E-state index contributed by atoms with van der Waals surface area (Å²) in [5, 5.41) is 4.20. The maximum atomic E-state index is 13.1. The van der Waals surface area contributed by atoms with Crippen LogP contribution in [-0.4, -0.2) is 12.0 Å². The Morgan fingerprint density at radius 1 is 0.933 bits per heavy atom. The van der Waals surface area contributed by atoms with Crippen LogP contribution in [-0.2, 0) is 5.41 Å². The summed E-state index contributed by atoms with van der Waals surface area (Å²) in [5.74, 6) is 0.121. The van der Waals surface area contributed by atoms with Crippen molar-refractivity contribution in [1.82, 2.24) is 0 Å². The van der Waals surface area contributed by atoms with Gasteiger partial charge in [0.15, 0.2) is 5.78 Å². The lowest BCUT2D eigenvalue weighted by molar-refractivity contribution is 0.0976. The zero-order chi connectivity index (χ0) is 21.7. The Bertz CT molecular complexity index is 974. The molecule has 156 valence electrons. The highest BCUT2D eigenvalue weighted by molar-refractivity contribution is 7.98. The topological polar surface area (TPSA) is 29.1 Å². The van der Waals surface area contributed by atoms with E-state index in [1.54, 1.807) is 11.8 Å². The number of carbonyl (C=O) groups excluding carboxylic acids is 1. The van der Waals surface area contributed by atoms with Crippen LogP contribution in [0.4, 0.5) is 5.69 Å². The molecule has 0 saturated heterocycles. The van der Waals surface area contributed by atoms with Crippen molar-refractivity contribution in [3.8, 4) is 0 Å². The molecule has 2 nitrogen and oxygen atoms in total. The third-order valence-electron chi connectivity index (χ3n) is 5.17. The fraction of sp³-hybridized carbons (Fsp3) is 0.269. The average Bonchev–Trinajstić information content (AvgIpc) is 2.74. The second-order valence-corrected chi connectivity index (χ2v) is 9.75. The molecule has 3 aromatic rings. The number of hydrogen-bond acceptors (Lipinski definition) is 3. The van der Waals surface area contributed by atoms with Crippen molar-refractivity contribution >= 4 is 34.8 Å². The monoisotopic (exact) mass is 437 g/mol.